The van der Waals surface area contributed by atoms with Crippen LogP contribution in [-0.2, 0) is 13.6 Å². The topological polar surface area (TPSA) is 91.6 Å². The summed E-state index contributed by atoms with van der Waals surface area (Å²) in [6, 6.07) is 4.22. The SMILES string of the molecule is CCn1nc(C2CC2c2cn(C)nn2)cc1-c1cc(C)c2nnc(C)n2n1. The van der Waals surface area contributed by atoms with E-state index in [1.807, 2.05) is 31.8 Å². The fourth-order valence-corrected chi connectivity index (χ4v) is 3.70. The summed E-state index contributed by atoms with van der Waals surface area (Å²) in [6.07, 6.45) is 3.06. The molecule has 1 fully saturated rings. The Labute approximate surface area is 156 Å². The fourth-order valence-electron chi connectivity index (χ4n) is 3.70. The van der Waals surface area contributed by atoms with Gasteiger partial charge in [0.05, 0.1) is 17.1 Å². The molecule has 27 heavy (non-hydrogen) atoms. The Hall–Kier alpha value is -3.10. The summed E-state index contributed by atoms with van der Waals surface area (Å²) in [5.41, 5.74) is 5.91. The van der Waals surface area contributed by atoms with Crippen LogP contribution in [-0.4, -0.2) is 44.6 Å². The first-order valence-corrected chi connectivity index (χ1v) is 9.19. The number of hydrogen-bond acceptors (Lipinski definition) is 6. The van der Waals surface area contributed by atoms with E-state index < -0.39 is 0 Å². The first-order valence-electron chi connectivity index (χ1n) is 9.19. The molecule has 2 unspecified atom stereocenters. The van der Waals surface area contributed by atoms with Crippen molar-refractivity contribution in [3.05, 3.63) is 41.1 Å². The lowest BCUT2D eigenvalue weighted by molar-refractivity contribution is 0.649. The predicted molar refractivity (Wildman–Crippen MR) is 98.3 cm³/mol. The van der Waals surface area contributed by atoms with Crippen LogP contribution in [0.25, 0.3) is 17.0 Å². The van der Waals surface area contributed by atoms with Gasteiger partial charge in [-0.15, -0.1) is 15.3 Å². The highest BCUT2D eigenvalue weighted by atomic mass is 15.4. The highest BCUT2D eigenvalue weighted by molar-refractivity contribution is 5.60. The van der Waals surface area contributed by atoms with Gasteiger partial charge in [-0.1, -0.05) is 5.21 Å². The Bertz CT molecular complexity index is 1150. The summed E-state index contributed by atoms with van der Waals surface area (Å²) in [5.74, 6) is 1.58. The first kappa shape index (κ1) is 16.1. The molecule has 0 aliphatic heterocycles. The number of aromatic nitrogens is 9. The molecule has 2 atom stereocenters. The van der Waals surface area contributed by atoms with E-state index in [-0.39, 0.29) is 0 Å². The molecular formula is C18H21N9. The van der Waals surface area contributed by atoms with Gasteiger partial charge in [-0.25, -0.2) is 0 Å². The zero-order valence-corrected chi connectivity index (χ0v) is 15.8. The quantitative estimate of drug-likeness (QED) is 0.551. The van der Waals surface area contributed by atoms with Crippen LogP contribution in [0.2, 0.25) is 0 Å². The standard InChI is InChI=1S/C18H21N9/c1-5-26-17(15-6-10(2)18-21-19-11(3)27(18)23-15)8-14(22-26)12-7-13(12)16-9-25(4)24-20-16/h6,8-9,12-13H,5,7H2,1-4H3. The second-order valence-electron chi connectivity index (χ2n) is 7.23. The molecule has 4 aromatic heterocycles. The third kappa shape index (κ3) is 2.53. The number of aryl methyl sites for hydroxylation is 4. The summed E-state index contributed by atoms with van der Waals surface area (Å²) >= 11 is 0. The van der Waals surface area contributed by atoms with Crippen LogP contribution in [0.4, 0.5) is 0 Å². The fraction of sp³-hybridized carbons (Fsp3) is 0.444. The van der Waals surface area contributed by atoms with Gasteiger partial charge in [0.1, 0.15) is 5.69 Å². The minimum absolute atomic E-state index is 0.398. The second-order valence-corrected chi connectivity index (χ2v) is 7.23. The minimum Gasteiger partial charge on any atom is -0.263 e. The van der Waals surface area contributed by atoms with Crippen molar-refractivity contribution in [3.8, 4) is 11.4 Å². The van der Waals surface area contributed by atoms with Crippen molar-refractivity contribution < 1.29 is 0 Å². The number of rotatable bonds is 4. The highest BCUT2D eigenvalue weighted by Gasteiger charge is 2.43. The minimum atomic E-state index is 0.398. The van der Waals surface area contributed by atoms with Crippen molar-refractivity contribution in [3.63, 3.8) is 0 Å². The summed E-state index contributed by atoms with van der Waals surface area (Å²) in [5, 5.41) is 26.2. The molecule has 1 aliphatic rings. The van der Waals surface area contributed by atoms with Crippen LogP contribution >= 0.6 is 0 Å². The average Bonchev–Trinajstić information content (AvgIpc) is 2.98. The van der Waals surface area contributed by atoms with Crippen LogP contribution in [0.1, 0.15) is 48.0 Å². The maximum atomic E-state index is 4.85. The zero-order valence-electron chi connectivity index (χ0n) is 15.8. The van der Waals surface area contributed by atoms with Gasteiger partial charge in [-0.05, 0) is 44.9 Å². The molecule has 9 heteroatoms. The zero-order chi connectivity index (χ0) is 18.7. The molecule has 5 rings (SSSR count). The molecule has 0 bridgehead atoms. The van der Waals surface area contributed by atoms with Crippen molar-refractivity contribution in [2.45, 2.75) is 45.6 Å². The molecule has 0 amide bonds. The Balaban J connectivity index is 1.53. The highest BCUT2D eigenvalue weighted by Crippen LogP contribution is 2.53. The number of hydrogen-bond donors (Lipinski definition) is 0. The Morgan fingerprint density at radius 1 is 1.04 bits per heavy atom. The van der Waals surface area contributed by atoms with E-state index in [2.05, 4.69) is 39.6 Å². The van der Waals surface area contributed by atoms with Crippen LogP contribution < -0.4 is 0 Å². The molecule has 9 nitrogen and oxygen atoms in total. The Morgan fingerprint density at radius 3 is 2.59 bits per heavy atom. The van der Waals surface area contributed by atoms with Gasteiger partial charge in [-0.2, -0.15) is 14.7 Å². The second kappa shape index (κ2) is 5.70. The predicted octanol–water partition coefficient (Wildman–Crippen LogP) is 2.02. The van der Waals surface area contributed by atoms with Gasteiger partial charge in [0, 0.05) is 31.6 Å². The van der Waals surface area contributed by atoms with Gasteiger partial charge in [0.25, 0.3) is 0 Å². The maximum absolute atomic E-state index is 4.85. The van der Waals surface area contributed by atoms with Gasteiger partial charge in [-0.3, -0.25) is 9.36 Å². The van der Waals surface area contributed by atoms with Crippen LogP contribution in [0, 0.1) is 13.8 Å². The molecule has 1 saturated carbocycles. The molecule has 0 spiro atoms. The van der Waals surface area contributed by atoms with Gasteiger partial charge in [0.2, 0.25) is 0 Å². The average molecular weight is 363 g/mol. The normalized spacial score (nSPS) is 19.1. The van der Waals surface area contributed by atoms with E-state index in [1.54, 1.807) is 9.20 Å². The third-order valence-corrected chi connectivity index (χ3v) is 5.24. The molecule has 1 aliphatic carbocycles. The molecule has 0 saturated heterocycles. The van der Waals surface area contributed by atoms with Crippen molar-refractivity contribution >= 4 is 5.65 Å². The van der Waals surface area contributed by atoms with Gasteiger partial charge < -0.3 is 0 Å². The molecule has 0 radical (unpaired) electrons. The van der Waals surface area contributed by atoms with E-state index in [1.165, 1.54) is 0 Å². The van der Waals surface area contributed by atoms with Crippen LogP contribution in [0.5, 0.6) is 0 Å². The van der Waals surface area contributed by atoms with E-state index in [9.17, 15) is 0 Å². The van der Waals surface area contributed by atoms with Gasteiger partial charge in [0.15, 0.2) is 11.5 Å². The van der Waals surface area contributed by atoms with Crippen molar-refractivity contribution in [2.24, 2.45) is 7.05 Å². The van der Waals surface area contributed by atoms with E-state index in [0.717, 1.165) is 52.8 Å². The van der Waals surface area contributed by atoms with Gasteiger partial charge >= 0.3 is 0 Å². The molecule has 4 heterocycles. The van der Waals surface area contributed by atoms with Crippen LogP contribution in [0.15, 0.2) is 18.3 Å². The number of fused-ring (bicyclic) bond motifs is 1. The summed E-state index contributed by atoms with van der Waals surface area (Å²) < 4.78 is 5.58. The molecule has 4 aromatic rings. The van der Waals surface area contributed by atoms with E-state index >= 15 is 0 Å². The molecular weight excluding hydrogens is 342 g/mol. The summed E-state index contributed by atoms with van der Waals surface area (Å²) in [7, 11) is 1.90. The monoisotopic (exact) mass is 363 g/mol. The smallest absolute Gasteiger partial charge is 0.180 e. The van der Waals surface area contributed by atoms with Crippen LogP contribution in [0.3, 0.4) is 0 Å². The Kier molecular flexibility index (Phi) is 3.40. The molecule has 0 N–H and O–H groups in total. The summed E-state index contributed by atoms with van der Waals surface area (Å²) in [6.45, 7) is 6.84. The van der Waals surface area contributed by atoms with Crippen molar-refractivity contribution in [2.75, 3.05) is 0 Å². The lowest BCUT2D eigenvalue weighted by atomic mass is 10.1. The maximum Gasteiger partial charge on any atom is 0.180 e. The third-order valence-electron chi connectivity index (χ3n) is 5.24. The van der Waals surface area contributed by atoms with Crippen molar-refractivity contribution in [1.29, 1.82) is 0 Å². The first-order chi connectivity index (χ1) is 13.0. The molecule has 138 valence electrons. The molecule has 0 aromatic carbocycles. The Morgan fingerprint density at radius 2 is 1.85 bits per heavy atom. The summed E-state index contributed by atoms with van der Waals surface area (Å²) in [4.78, 5) is 0. The lowest BCUT2D eigenvalue weighted by Gasteiger charge is -2.06. The number of nitrogens with zero attached hydrogens (tertiary/aromatic N) is 9. The lowest BCUT2D eigenvalue weighted by Crippen LogP contribution is -2.04. The van der Waals surface area contributed by atoms with E-state index in [4.69, 9.17) is 10.2 Å². The van der Waals surface area contributed by atoms with Crippen molar-refractivity contribution in [1.82, 2.24) is 44.6 Å². The van der Waals surface area contributed by atoms with E-state index in [0.29, 0.717) is 11.8 Å². The largest absolute Gasteiger partial charge is 0.263 e.